The zero-order valence-electron chi connectivity index (χ0n) is 16.8. The Morgan fingerprint density at radius 1 is 1.00 bits per heavy atom. The summed E-state index contributed by atoms with van der Waals surface area (Å²) in [6, 6.07) is 12.4. The minimum Gasteiger partial charge on any atom is -0.478 e. The van der Waals surface area contributed by atoms with Gasteiger partial charge in [-0.25, -0.2) is 4.79 Å². The molecule has 6 heteroatoms. The van der Waals surface area contributed by atoms with E-state index in [1.54, 1.807) is 7.05 Å². The standard InChI is InChI=1S/C16H18N2.C7H8N2O2/c1-18(16-7-4-10-17-12-16)15-9-8-13-5-2-3-6-14(13)11-15;1-8-6-4-9-3-2-5(6)7(10)11/h4,7-12H,2-3,5-6H2,1H3;2-4,8H,1H3,(H,10,11). The minimum absolute atomic E-state index is 0.238. The van der Waals surface area contributed by atoms with Crippen LogP contribution in [-0.2, 0) is 12.8 Å². The lowest BCUT2D eigenvalue weighted by Crippen LogP contribution is -2.11. The quantitative estimate of drug-likeness (QED) is 0.680. The molecule has 4 rings (SSSR count). The summed E-state index contributed by atoms with van der Waals surface area (Å²) in [6.45, 7) is 0. The van der Waals surface area contributed by atoms with E-state index in [-0.39, 0.29) is 5.56 Å². The number of aryl methyl sites for hydroxylation is 2. The second-order valence-corrected chi connectivity index (χ2v) is 6.91. The smallest absolute Gasteiger partial charge is 0.337 e. The minimum atomic E-state index is -0.947. The van der Waals surface area contributed by atoms with E-state index in [0.717, 1.165) is 5.69 Å². The average molecular weight is 390 g/mol. The van der Waals surface area contributed by atoms with Crippen LogP contribution in [-0.4, -0.2) is 35.1 Å². The summed E-state index contributed by atoms with van der Waals surface area (Å²) in [5.41, 5.74) is 6.21. The van der Waals surface area contributed by atoms with Gasteiger partial charge in [-0.05, 0) is 67.1 Å². The molecule has 0 saturated heterocycles. The first-order valence-electron chi connectivity index (χ1n) is 9.70. The molecule has 0 fully saturated rings. The van der Waals surface area contributed by atoms with Gasteiger partial charge < -0.3 is 15.3 Å². The molecule has 2 aromatic heterocycles. The van der Waals surface area contributed by atoms with Crippen molar-refractivity contribution in [3.05, 3.63) is 77.9 Å². The fourth-order valence-electron chi connectivity index (χ4n) is 3.41. The highest BCUT2D eigenvalue weighted by molar-refractivity contribution is 5.93. The second-order valence-electron chi connectivity index (χ2n) is 6.91. The summed E-state index contributed by atoms with van der Waals surface area (Å²) < 4.78 is 0. The Hall–Kier alpha value is -3.41. The molecule has 1 aliphatic rings. The molecule has 1 aromatic carbocycles. The number of aromatic carboxylic acids is 1. The van der Waals surface area contributed by atoms with Gasteiger partial charge in [0.15, 0.2) is 0 Å². The maximum atomic E-state index is 10.5. The van der Waals surface area contributed by atoms with E-state index in [4.69, 9.17) is 5.11 Å². The summed E-state index contributed by atoms with van der Waals surface area (Å²) in [5, 5.41) is 11.4. The monoisotopic (exact) mass is 390 g/mol. The number of carboxylic acids is 1. The number of rotatable bonds is 4. The van der Waals surface area contributed by atoms with E-state index in [9.17, 15) is 4.79 Å². The van der Waals surface area contributed by atoms with E-state index >= 15 is 0 Å². The number of hydrogen-bond donors (Lipinski definition) is 2. The fraction of sp³-hybridized carbons (Fsp3) is 0.261. The summed E-state index contributed by atoms with van der Waals surface area (Å²) >= 11 is 0. The van der Waals surface area contributed by atoms with E-state index in [2.05, 4.69) is 51.5 Å². The molecule has 0 spiro atoms. The number of carboxylic acid groups (broad SMARTS) is 1. The molecule has 1 aliphatic carbocycles. The van der Waals surface area contributed by atoms with Crippen molar-refractivity contribution >= 4 is 23.0 Å². The molecule has 0 bridgehead atoms. The van der Waals surface area contributed by atoms with Gasteiger partial charge in [-0.2, -0.15) is 0 Å². The number of nitrogens with one attached hydrogen (secondary N) is 1. The third-order valence-corrected chi connectivity index (χ3v) is 5.07. The van der Waals surface area contributed by atoms with Crippen LogP contribution in [0.1, 0.15) is 34.3 Å². The van der Waals surface area contributed by atoms with E-state index in [1.807, 2.05) is 18.5 Å². The van der Waals surface area contributed by atoms with Crippen LogP contribution in [0.4, 0.5) is 17.1 Å². The topological polar surface area (TPSA) is 78.4 Å². The molecule has 0 saturated carbocycles. The lowest BCUT2D eigenvalue weighted by atomic mass is 9.91. The molecule has 0 unspecified atom stereocenters. The zero-order chi connectivity index (χ0) is 20.6. The van der Waals surface area contributed by atoms with Crippen molar-refractivity contribution in [1.29, 1.82) is 0 Å². The third kappa shape index (κ3) is 5.10. The molecule has 3 aromatic rings. The first kappa shape index (κ1) is 20.3. The van der Waals surface area contributed by atoms with Gasteiger partial charge in [0.1, 0.15) is 0 Å². The Labute approximate surface area is 171 Å². The Kier molecular flexibility index (Phi) is 6.79. The first-order valence-corrected chi connectivity index (χ1v) is 9.70. The Morgan fingerprint density at radius 2 is 1.76 bits per heavy atom. The van der Waals surface area contributed by atoms with E-state index in [0.29, 0.717) is 5.69 Å². The van der Waals surface area contributed by atoms with Gasteiger partial charge in [-0.1, -0.05) is 6.07 Å². The van der Waals surface area contributed by atoms with Crippen molar-refractivity contribution in [3.63, 3.8) is 0 Å². The number of carbonyl (C=O) groups is 1. The Morgan fingerprint density at radius 3 is 2.41 bits per heavy atom. The number of pyridine rings is 2. The molecule has 2 heterocycles. The van der Waals surface area contributed by atoms with Crippen molar-refractivity contribution < 1.29 is 9.90 Å². The molecule has 150 valence electrons. The lowest BCUT2D eigenvalue weighted by Gasteiger charge is -2.22. The highest BCUT2D eigenvalue weighted by atomic mass is 16.4. The predicted octanol–water partition coefficient (Wildman–Crippen LogP) is 4.55. The summed E-state index contributed by atoms with van der Waals surface area (Å²) in [4.78, 5) is 20.7. The maximum absolute atomic E-state index is 10.5. The molecule has 0 aliphatic heterocycles. The predicted molar refractivity (Wildman–Crippen MR) is 116 cm³/mol. The Balaban J connectivity index is 0.000000188. The maximum Gasteiger partial charge on any atom is 0.337 e. The highest BCUT2D eigenvalue weighted by Gasteiger charge is 2.11. The van der Waals surface area contributed by atoms with Crippen LogP contribution in [0.5, 0.6) is 0 Å². The van der Waals surface area contributed by atoms with Crippen LogP contribution in [0.15, 0.2) is 61.2 Å². The summed E-state index contributed by atoms with van der Waals surface area (Å²) in [5.74, 6) is -0.947. The largest absolute Gasteiger partial charge is 0.478 e. The van der Waals surface area contributed by atoms with Crippen LogP contribution in [0.3, 0.4) is 0 Å². The average Bonchev–Trinajstić information content (AvgIpc) is 2.79. The first-order chi connectivity index (χ1) is 14.1. The normalized spacial score (nSPS) is 12.2. The van der Waals surface area contributed by atoms with Gasteiger partial charge in [-0.3, -0.25) is 9.97 Å². The highest BCUT2D eigenvalue weighted by Crippen LogP contribution is 2.28. The van der Waals surface area contributed by atoms with Crippen molar-refractivity contribution in [1.82, 2.24) is 9.97 Å². The number of aromatic nitrogens is 2. The van der Waals surface area contributed by atoms with Crippen molar-refractivity contribution in [2.75, 3.05) is 24.3 Å². The molecular weight excluding hydrogens is 364 g/mol. The molecular formula is C23H26N4O2. The van der Waals surface area contributed by atoms with Gasteiger partial charge in [0.05, 0.1) is 29.3 Å². The number of nitrogens with zero attached hydrogens (tertiary/aromatic N) is 3. The molecule has 0 atom stereocenters. The van der Waals surface area contributed by atoms with Crippen molar-refractivity contribution in [2.24, 2.45) is 0 Å². The van der Waals surface area contributed by atoms with Crippen molar-refractivity contribution in [3.8, 4) is 0 Å². The Bertz CT molecular complexity index is 960. The summed E-state index contributed by atoms with van der Waals surface area (Å²) in [7, 11) is 3.75. The van der Waals surface area contributed by atoms with Crippen LogP contribution < -0.4 is 10.2 Å². The summed E-state index contributed by atoms with van der Waals surface area (Å²) in [6.07, 6.45) is 11.8. The number of anilines is 3. The zero-order valence-corrected chi connectivity index (χ0v) is 16.8. The van der Waals surface area contributed by atoms with Crippen LogP contribution in [0, 0.1) is 0 Å². The molecule has 0 amide bonds. The number of fused-ring (bicyclic) bond motifs is 1. The van der Waals surface area contributed by atoms with Gasteiger partial charge in [-0.15, -0.1) is 0 Å². The van der Waals surface area contributed by atoms with E-state index < -0.39 is 5.97 Å². The SMILES string of the molecule is CN(c1cccnc1)c1ccc2c(c1)CCCC2.CNc1cnccc1C(=O)O. The van der Waals surface area contributed by atoms with Crippen LogP contribution in [0.2, 0.25) is 0 Å². The molecule has 29 heavy (non-hydrogen) atoms. The van der Waals surface area contributed by atoms with Gasteiger partial charge >= 0.3 is 5.97 Å². The van der Waals surface area contributed by atoms with E-state index in [1.165, 1.54) is 61.0 Å². The van der Waals surface area contributed by atoms with Crippen LogP contribution >= 0.6 is 0 Å². The molecule has 2 N–H and O–H groups in total. The van der Waals surface area contributed by atoms with Crippen molar-refractivity contribution in [2.45, 2.75) is 25.7 Å². The number of benzene rings is 1. The molecule has 0 radical (unpaired) electrons. The second kappa shape index (κ2) is 9.68. The third-order valence-electron chi connectivity index (χ3n) is 5.07. The van der Waals surface area contributed by atoms with Gasteiger partial charge in [0.2, 0.25) is 0 Å². The fourth-order valence-corrected chi connectivity index (χ4v) is 3.41. The van der Waals surface area contributed by atoms with Gasteiger partial charge in [0, 0.05) is 32.2 Å². The number of hydrogen-bond acceptors (Lipinski definition) is 5. The van der Waals surface area contributed by atoms with Gasteiger partial charge in [0.25, 0.3) is 0 Å². The van der Waals surface area contributed by atoms with Crippen LogP contribution in [0.25, 0.3) is 0 Å². The lowest BCUT2D eigenvalue weighted by molar-refractivity contribution is 0.0698. The molecule has 6 nitrogen and oxygen atoms in total.